The molecule has 2 N–H and O–H groups in total. The van der Waals surface area contributed by atoms with Crippen molar-refractivity contribution in [1.29, 1.82) is 0 Å². The predicted octanol–water partition coefficient (Wildman–Crippen LogP) is 4.46. The fourth-order valence-corrected chi connectivity index (χ4v) is 4.01. The first-order valence-corrected chi connectivity index (χ1v) is 11.1. The zero-order valence-corrected chi connectivity index (χ0v) is 18.3. The molecule has 3 aromatic carbocycles. The number of carbonyl (C=O) groups is 1. The zero-order chi connectivity index (χ0) is 22.4. The number of amides is 1. The summed E-state index contributed by atoms with van der Waals surface area (Å²) < 4.78 is 38.3. The highest BCUT2D eigenvalue weighted by Crippen LogP contribution is 2.23. The predicted molar refractivity (Wildman–Crippen MR) is 121 cm³/mol. The molecular weight excluding hydrogens is 416 g/mol. The number of nitrogens with one attached hydrogen (secondary N) is 2. The maximum Gasteiger partial charge on any atom is 0.261 e. The number of aryl methyl sites for hydroxylation is 1. The van der Waals surface area contributed by atoms with Crippen molar-refractivity contribution in [2.45, 2.75) is 18.7 Å². The van der Waals surface area contributed by atoms with Crippen LogP contribution in [0.4, 0.5) is 11.4 Å². The highest BCUT2D eigenvalue weighted by molar-refractivity contribution is 7.92. The molecule has 0 bridgehead atoms. The van der Waals surface area contributed by atoms with Crippen LogP contribution < -0.4 is 19.5 Å². The summed E-state index contributed by atoms with van der Waals surface area (Å²) in [6.45, 7) is 4.21. The molecule has 0 saturated heterocycles. The van der Waals surface area contributed by atoms with Crippen molar-refractivity contribution in [2.75, 3.05) is 23.8 Å². The molecule has 0 saturated carbocycles. The summed E-state index contributed by atoms with van der Waals surface area (Å²) in [4.78, 5) is 12.7. The van der Waals surface area contributed by atoms with Crippen LogP contribution in [0.25, 0.3) is 0 Å². The molecular formula is C23H24N2O5S. The molecule has 0 atom stereocenters. The standard InChI is InChI=1S/C23H24N2O5S/c1-4-30-20-8-6-18(7-9-20)24-23(26)17-5-14-22(16(2)15-17)25-31(27,28)21-12-10-19(29-3)11-13-21/h5-15,25H,4H2,1-3H3,(H,24,26). The Bertz CT molecular complexity index is 1160. The van der Waals surface area contributed by atoms with Crippen LogP contribution in [0.1, 0.15) is 22.8 Å². The molecule has 0 aromatic heterocycles. The lowest BCUT2D eigenvalue weighted by Crippen LogP contribution is -2.15. The Balaban J connectivity index is 1.72. The zero-order valence-electron chi connectivity index (χ0n) is 17.5. The monoisotopic (exact) mass is 440 g/mol. The van der Waals surface area contributed by atoms with Crippen LogP contribution in [-0.4, -0.2) is 28.0 Å². The van der Waals surface area contributed by atoms with E-state index in [1.165, 1.54) is 19.2 Å². The van der Waals surface area contributed by atoms with Gasteiger partial charge >= 0.3 is 0 Å². The summed E-state index contributed by atoms with van der Waals surface area (Å²) in [5.74, 6) is 1.000. The van der Waals surface area contributed by atoms with Crippen molar-refractivity contribution in [3.63, 3.8) is 0 Å². The van der Waals surface area contributed by atoms with E-state index in [1.54, 1.807) is 61.5 Å². The lowest BCUT2D eigenvalue weighted by atomic mass is 10.1. The first-order chi connectivity index (χ1) is 14.8. The Hall–Kier alpha value is -3.52. The number of sulfonamides is 1. The molecule has 0 radical (unpaired) electrons. The Kier molecular flexibility index (Phi) is 6.81. The maximum atomic E-state index is 12.6. The second-order valence-electron chi connectivity index (χ2n) is 6.72. The van der Waals surface area contributed by atoms with E-state index in [9.17, 15) is 13.2 Å². The third kappa shape index (κ3) is 5.55. The number of hydrogen-bond acceptors (Lipinski definition) is 5. The number of anilines is 2. The normalized spacial score (nSPS) is 10.9. The Labute approximate surface area is 182 Å². The number of hydrogen-bond donors (Lipinski definition) is 2. The van der Waals surface area contributed by atoms with Crippen LogP contribution in [0.15, 0.2) is 71.6 Å². The smallest absolute Gasteiger partial charge is 0.261 e. The summed E-state index contributed by atoms with van der Waals surface area (Å²) in [6, 6.07) is 17.9. The minimum absolute atomic E-state index is 0.116. The Morgan fingerprint density at radius 1 is 0.935 bits per heavy atom. The molecule has 3 aromatic rings. The van der Waals surface area contributed by atoms with Gasteiger partial charge < -0.3 is 14.8 Å². The highest BCUT2D eigenvalue weighted by Gasteiger charge is 2.16. The van der Waals surface area contributed by atoms with Gasteiger partial charge in [0, 0.05) is 11.3 Å². The van der Waals surface area contributed by atoms with Gasteiger partial charge in [0.15, 0.2) is 0 Å². The van der Waals surface area contributed by atoms with E-state index in [-0.39, 0.29) is 10.8 Å². The van der Waals surface area contributed by atoms with Gasteiger partial charge in [-0.15, -0.1) is 0 Å². The van der Waals surface area contributed by atoms with Crippen LogP contribution in [0.5, 0.6) is 11.5 Å². The highest BCUT2D eigenvalue weighted by atomic mass is 32.2. The molecule has 3 rings (SSSR count). The summed E-state index contributed by atoms with van der Waals surface area (Å²) in [6.07, 6.45) is 0. The van der Waals surface area contributed by atoms with E-state index >= 15 is 0 Å². The minimum atomic E-state index is -3.77. The van der Waals surface area contributed by atoms with Crippen LogP contribution >= 0.6 is 0 Å². The number of methoxy groups -OCH3 is 1. The average Bonchev–Trinajstić information content (AvgIpc) is 2.76. The first kappa shape index (κ1) is 22.2. The maximum absolute atomic E-state index is 12.6. The van der Waals surface area contributed by atoms with Gasteiger partial charge in [0.25, 0.3) is 15.9 Å². The van der Waals surface area contributed by atoms with Gasteiger partial charge in [0.1, 0.15) is 11.5 Å². The lowest BCUT2D eigenvalue weighted by Gasteiger charge is -2.13. The number of benzene rings is 3. The quantitative estimate of drug-likeness (QED) is 0.540. The van der Waals surface area contributed by atoms with Crippen molar-refractivity contribution in [3.8, 4) is 11.5 Å². The summed E-state index contributed by atoms with van der Waals surface area (Å²) in [5, 5.41) is 2.81. The van der Waals surface area contributed by atoms with Crippen molar-refractivity contribution in [1.82, 2.24) is 0 Å². The molecule has 8 heteroatoms. The fourth-order valence-electron chi connectivity index (χ4n) is 2.88. The molecule has 7 nitrogen and oxygen atoms in total. The van der Waals surface area contributed by atoms with E-state index < -0.39 is 10.0 Å². The van der Waals surface area contributed by atoms with Crippen molar-refractivity contribution in [2.24, 2.45) is 0 Å². The fraction of sp³-hybridized carbons (Fsp3) is 0.174. The van der Waals surface area contributed by atoms with Gasteiger partial charge in [0.2, 0.25) is 0 Å². The minimum Gasteiger partial charge on any atom is -0.497 e. The van der Waals surface area contributed by atoms with Crippen LogP contribution in [0, 0.1) is 6.92 Å². The summed E-state index contributed by atoms with van der Waals surface area (Å²) in [7, 11) is -2.26. The third-order valence-electron chi connectivity index (χ3n) is 4.53. The largest absolute Gasteiger partial charge is 0.497 e. The van der Waals surface area contributed by atoms with Crippen LogP contribution in [0.3, 0.4) is 0 Å². The van der Waals surface area contributed by atoms with E-state index in [0.717, 1.165) is 5.75 Å². The molecule has 0 aliphatic carbocycles. The molecule has 1 amide bonds. The molecule has 0 fully saturated rings. The third-order valence-corrected chi connectivity index (χ3v) is 5.91. The molecule has 0 spiro atoms. The molecule has 0 aliphatic heterocycles. The van der Waals surface area contributed by atoms with Gasteiger partial charge in [-0.2, -0.15) is 0 Å². The van der Waals surface area contributed by atoms with E-state index in [1.807, 2.05) is 6.92 Å². The number of rotatable bonds is 8. The van der Waals surface area contributed by atoms with Crippen molar-refractivity contribution < 1.29 is 22.7 Å². The van der Waals surface area contributed by atoms with Gasteiger partial charge in [0.05, 0.1) is 24.3 Å². The molecule has 0 heterocycles. The van der Waals surface area contributed by atoms with E-state index in [2.05, 4.69) is 10.0 Å². The van der Waals surface area contributed by atoms with E-state index in [4.69, 9.17) is 9.47 Å². The first-order valence-electron chi connectivity index (χ1n) is 9.64. The number of ether oxygens (including phenoxy) is 2. The number of carbonyl (C=O) groups excluding carboxylic acids is 1. The van der Waals surface area contributed by atoms with Gasteiger partial charge in [-0.25, -0.2) is 8.42 Å². The second-order valence-corrected chi connectivity index (χ2v) is 8.40. The van der Waals surface area contributed by atoms with E-state index in [0.29, 0.717) is 34.9 Å². The van der Waals surface area contributed by atoms with Gasteiger partial charge in [-0.05, 0) is 86.1 Å². The molecule has 162 valence electrons. The van der Waals surface area contributed by atoms with Gasteiger partial charge in [-0.3, -0.25) is 9.52 Å². The molecule has 31 heavy (non-hydrogen) atoms. The van der Waals surface area contributed by atoms with Crippen molar-refractivity contribution in [3.05, 3.63) is 77.9 Å². The summed E-state index contributed by atoms with van der Waals surface area (Å²) in [5.41, 5.74) is 2.07. The van der Waals surface area contributed by atoms with Crippen LogP contribution in [0.2, 0.25) is 0 Å². The van der Waals surface area contributed by atoms with Crippen LogP contribution in [-0.2, 0) is 10.0 Å². The topological polar surface area (TPSA) is 93.7 Å². The van der Waals surface area contributed by atoms with Crippen molar-refractivity contribution >= 4 is 27.3 Å². The SMILES string of the molecule is CCOc1ccc(NC(=O)c2ccc(NS(=O)(=O)c3ccc(OC)cc3)c(C)c2)cc1. The Morgan fingerprint density at radius 2 is 1.58 bits per heavy atom. The van der Waals surface area contributed by atoms with Gasteiger partial charge in [-0.1, -0.05) is 0 Å². The molecule has 0 unspecified atom stereocenters. The summed E-state index contributed by atoms with van der Waals surface area (Å²) >= 11 is 0. The second kappa shape index (κ2) is 9.53. The average molecular weight is 441 g/mol. The molecule has 0 aliphatic rings. The lowest BCUT2D eigenvalue weighted by molar-refractivity contribution is 0.102. The Morgan fingerprint density at radius 3 is 2.16 bits per heavy atom.